The van der Waals surface area contributed by atoms with Crippen molar-refractivity contribution >= 4 is 23.1 Å². The Morgan fingerprint density at radius 3 is 2.51 bits per heavy atom. The Bertz CT molecular complexity index is 1300. The number of hydrogen-bond acceptors (Lipinski definition) is 9. The number of rotatable bonds is 16. The highest BCUT2D eigenvalue weighted by molar-refractivity contribution is 5.91. The standard InChI is InChI=1S/C32H42N6O2.CH5NO/c1-4-9-27(5-2)25(3)35-31-29-22-30(36-32(29)34-24-33-31)28-12-10-26(11-13-28)23-38-16-14-37(15-17-38)18-21-40-20-8-6-7-19-39;1-2-3/h4-5,9-13,19,22,24-25H,1-2,6-8,14-18,20-21,23H2,3H3,(H2,33,34,35,36);2-3H,1H3/b27-9+;/t25-;/m1./s1. The van der Waals surface area contributed by atoms with Crippen LogP contribution in [-0.2, 0) is 16.1 Å². The van der Waals surface area contributed by atoms with E-state index in [0.29, 0.717) is 6.42 Å². The number of anilines is 1. The van der Waals surface area contributed by atoms with Crippen LogP contribution in [0.25, 0.3) is 22.3 Å². The number of carbonyl (C=O) groups excluding carboxylic acids is 1. The molecule has 0 bridgehead atoms. The van der Waals surface area contributed by atoms with Crippen LogP contribution in [0.15, 0.2) is 73.6 Å². The molecule has 0 radical (unpaired) electrons. The maximum Gasteiger partial charge on any atom is 0.143 e. The highest BCUT2D eigenvalue weighted by Gasteiger charge is 2.17. The zero-order valence-electron chi connectivity index (χ0n) is 25.6. The molecule has 1 aliphatic heterocycles. The van der Waals surface area contributed by atoms with Gasteiger partial charge in [0.15, 0.2) is 0 Å². The number of aromatic amines is 1. The van der Waals surface area contributed by atoms with Crippen molar-refractivity contribution in [3.63, 3.8) is 0 Å². The van der Waals surface area contributed by atoms with Crippen LogP contribution in [0, 0.1) is 0 Å². The fourth-order valence-electron chi connectivity index (χ4n) is 4.97. The van der Waals surface area contributed by atoms with Crippen molar-refractivity contribution in [2.75, 3.05) is 58.3 Å². The number of fused-ring (bicyclic) bond motifs is 1. The Morgan fingerprint density at radius 2 is 1.84 bits per heavy atom. The van der Waals surface area contributed by atoms with Gasteiger partial charge in [-0.05, 0) is 42.5 Å². The molecule has 0 spiro atoms. The second-order valence-electron chi connectivity index (χ2n) is 10.5. The molecule has 0 saturated carbocycles. The number of nitrogens with zero attached hydrogens (tertiary/aromatic N) is 4. The highest BCUT2D eigenvalue weighted by atomic mass is 16.5. The normalized spacial score (nSPS) is 15.0. The molecular formula is C33H47N7O3. The molecule has 4 N–H and O–H groups in total. The number of ether oxygens (including phenoxy) is 1. The fourth-order valence-corrected chi connectivity index (χ4v) is 4.97. The van der Waals surface area contributed by atoms with Gasteiger partial charge in [0.2, 0.25) is 0 Å². The first-order valence-electron chi connectivity index (χ1n) is 14.9. The molecule has 0 amide bonds. The number of hydrogen-bond donors (Lipinski definition) is 4. The Kier molecular flexibility index (Phi) is 14.8. The molecule has 1 aliphatic rings. The SMILES string of the molecule is C=C/C=C(\C=C)[C@@H](C)Nc1ncnc2[nH]c(-c3ccc(CN4CCN(CCOCCCCC=O)CC4)cc3)cc12.CNO. The third-order valence-corrected chi connectivity index (χ3v) is 7.37. The number of allylic oxidation sites excluding steroid dienone is 2. The average Bonchev–Trinajstić information content (AvgIpc) is 3.46. The first-order valence-corrected chi connectivity index (χ1v) is 14.9. The van der Waals surface area contributed by atoms with E-state index in [0.717, 1.165) is 105 Å². The van der Waals surface area contributed by atoms with E-state index in [4.69, 9.17) is 9.94 Å². The highest BCUT2D eigenvalue weighted by Crippen LogP contribution is 2.28. The Morgan fingerprint density at radius 1 is 1.12 bits per heavy atom. The Labute approximate surface area is 255 Å². The molecule has 1 fully saturated rings. The summed E-state index contributed by atoms with van der Waals surface area (Å²) in [6.07, 6.45) is 10.6. The van der Waals surface area contributed by atoms with Gasteiger partial charge in [-0.25, -0.2) is 15.4 Å². The number of piperazine rings is 1. The van der Waals surface area contributed by atoms with Gasteiger partial charge in [-0.3, -0.25) is 9.80 Å². The van der Waals surface area contributed by atoms with Gasteiger partial charge in [-0.1, -0.05) is 55.7 Å². The minimum atomic E-state index is 0.0337. The summed E-state index contributed by atoms with van der Waals surface area (Å²) in [5, 5.41) is 11.8. The van der Waals surface area contributed by atoms with E-state index in [1.807, 2.05) is 12.2 Å². The largest absolute Gasteiger partial charge is 0.380 e. The van der Waals surface area contributed by atoms with Crippen molar-refractivity contribution in [1.29, 1.82) is 0 Å². The molecular weight excluding hydrogens is 542 g/mol. The van der Waals surface area contributed by atoms with Gasteiger partial charge in [0.1, 0.15) is 24.1 Å². The molecule has 1 saturated heterocycles. The second kappa shape index (κ2) is 18.8. The lowest BCUT2D eigenvalue weighted by Crippen LogP contribution is -2.46. The van der Waals surface area contributed by atoms with E-state index in [1.54, 1.807) is 17.9 Å². The lowest BCUT2D eigenvalue weighted by Gasteiger charge is -2.34. The van der Waals surface area contributed by atoms with Crippen LogP contribution in [0.3, 0.4) is 0 Å². The van der Waals surface area contributed by atoms with E-state index in [9.17, 15) is 4.79 Å². The number of carbonyl (C=O) groups is 1. The van der Waals surface area contributed by atoms with Crippen molar-refractivity contribution in [1.82, 2.24) is 30.2 Å². The van der Waals surface area contributed by atoms with Gasteiger partial charge in [0.25, 0.3) is 0 Å². The molecule has 3 aromatic rings. The fraction of sp³-hybridized carbons (Fsp3) is 0.424. The van der Waals surface area contributed by atoms with E-state index in [-0.39, 0.29) is 6.04 Å². The van der Waals surface area contributed by atoms with E-state index in [1.165, 1.54) is 12.6 Å². The van der Waals surface area contributed by atoms with E-state index >= 15 is 0 Å². The smallest absolute Gasteiger partial charge is 0.143 e. The number of aromatic nitrogens is 3. The molecule has 232 valence electrons. The molecule has 3 heterocycles. The third kappa shape index (κ3) is 10.8. The van der Waals surface area contributed by atoms with Crippen molar-refractivity contribution in [2.45, 2.75) is 38.8 Å². The quantitative estimate of drug-likeness (QED) is 0.0807. The lowest BCUT2D eigenvalue weighted by atomic mass is 10.1. The summed E-state index contributed by atoms with van der Waals surface area (Å²) in [4.78, 5) is 27.7. The Balaban J connectivity index is 0.00000162. The molecule has 43 heavy (non-hydrogen) atoms. The minimum Gasteiger partial charge on any atom is -0.380 e. The second-order valence-corrected chi connectivity index (χ2v) is 10.5. The molecule has 4 rings (SSSR count). The minimum absolute atomic E-state index is 0.0337. The predicted octanol–water partition coefficient (Wildman–Crippen LogP) is 4.82. The first-order chi connectivity index (χ1) is 21.0. The summed E-state index contributed by atoms with van der Waals surface area (Å²) >= 11 is 0. The average molecular weight is 590 g/mol. The number of aldehydes is 1. The number of unbranched alkanes of at least 4 members (excludes halogenated alkanes) is 2. The molecule has 1 aromatic carbocycles. The van der Waals surface area contributed by atoms with Gasteiger partial charge in [-0.15, -0.1) is 0 Å². The number of H-pyrrole nitrogens is 1. The Hall–Kier alpha value is -3.67. The maximum absolute atomic E-state index is 10.4. The van der Waals surface area contributed by atoms with Gasteiger partial charge in [0.05, 0.1) is 12.0 Å². The van der Waals surface area contributed by atoms with Crippen LogP contribution in [0.4, 0.5) is 5.82 Å². The van der Waals surface area contributed by atoms with Gasteiger partial charge in [0, 0.05) is 71.1 Å². The topological polar surface area (TPSA) is 119 Å². The molecule has 0 aliphatic carbocycles. The zero-order valence-corrected chi connectivity index (χ0v) is 25.6. The van der Waals surface area contributed by atoms with Crippen molar-refractivity contribution in [3.8, 4) is 11.3 Å². The molecule has 10 heteroatoms. The third-order valence-electron chi connectivity index (χ3n) is 7.37. The zero-order chi connectivity index (χ0) is 30.9. The van der Waals surface area contributed by atoms with Crippen LogP contribution in [-0.4, -0.2) is 95.3 Å². The first kappa shape index (κ1) is 33.8. The molecule has 1 atom stereocenters. The van der Waals surface area contributed by atoms with Gasteiger partial charge in [-0.2, -0.15) is 0 Å². The van der Waals surface area contributed by atoms with Crippen LogP contribution in [0.1, 0.15) is 31.7 Å². The van der Waals surface area contributed by atoms with E-state index in [2.05, 4.69) is 80.5 Å². The monoisotopic (exact) mass is 589 g/mol. The predicted molar refractivity (Wildman–Crippen MR) is 174 cm³/mol. The van der Waals surface area contributed by atoms with Gasteiger partial charge >= 0.3 is 0 Å². The van der Waals surface area contributed by atoms with Crippen molar-refractivity contribution in [2.24, 2.45) is 0 Å². The van der Waals surface area contributed by atoms with Crippen molar-refractivity contribution < 1.29 is 14.7 Å². The summed E-state index contributed by atoms with van der Waals surface area (Å²) in [6.45, 7) is 17.5. The van der Waals surface area contributed by atoms with Crippen molar-refractivity contribution in [3.05, 3.63) is 79.2 Å². The maximum atomic E-state index is 10.4. The number of hydroxylamine groups is 1. The van der Waals surface area contributed by atoms with Crippen LogP contribution in [0.5, 0.6) is 0 Å². The summed E-state index contributed by atoms with van der Waals surface area (Å²) in [5.74, 6) is 0.786. The summed E-state index contributed by atoms with van der Waals surface area (Å²) in [7, 11) is 1.43. The molecule has 0 unspecified atom stereocenters. The van der Waals surface area contributed by atoms with Gasteiger partial charge < -0.3 is 25.0 Å². The summed E-state index contributed by atoms with van der Waals surface area (Å²) in [5.41, 5.74) is 7.05. The number of benzene rings is 1. The summed E-state index contributed by atoms with van der Waals surface area (Å²) < 4.78 is 5.72. The van der Waals surface area contributed by atoms with Crippen LogP contribution in [0.2, 0.25) is 0 Å². The molecule has 10 nitrogen and oxygen atoms in total. The van der Waals surface area contributed by atoms with Crippen LogP contribution >= 0.6 is 0 Å². The summed E-state index contributed by atoms with van der Waals surface area (Å²) in [6, 6.07) is 10.9. The lowest BCUT2D eigenvalue weighted by molar-refractivity contribution is -0.108. The number of nitrogens with one attached hydrogen (secondary N) is 3. The molecule has 2 aromatic heterocycles. The van der Waals surface area contributed by atoms with Crippen LogP contribution < -0.4 is 10.8 Å². The van der Waals surface area contributed by atoms with E-state index < -0.39 is 0 Å².